The second-order valence-corrected chi connectivity index (χ2v) is 5.39. The van der Waals surface area contributed by atoms with E-state index < -0.39 is 0 Å². The second kappa shape index (κ2) is 6.67. The van der Waals surface area contributed by atoms with Gasteiger partial charge in [0, 0.05) is 24.7 Å². The highest BCUT2D eigenvalue weighted by atomic mass is 16.1. The minimum atomic E-state index is 0.334. The van der Waals surface area contributed by atoms with Gasteiger partial charge < -0.3 is 0 Å². The van der Waals surface area contributed by atoms with Crippen molar-refractivity contribution in [2.45, 2.75) is 51.9 Å². The van der Waals surface area contributed by atoms with E-state index in [1.54, 1.807) is 6.20 Å². The largest absolute Gasteiger partial charge is 0.299 e. The first kappa shape index (κ1) is 13.3. The smallest absolute Gasteiger partial charge is 0.136 e. The lowest BCUT2D eigenvalue weighted by molar-refractivity contribution is -0.125. The number of hydrogen-bond acceptors (Lipinski definition) is 2. The molecule has 1 aromatic rings. The van der Waals surface area contributed by atoms with Gasteiger partial charge in [-0.1, -0.05) is 32.3 Å². The van der Waals surface area contributed by atoms with Crippen molar-refractivity contribution in [3.8, 4) is 0 Å². The number of rotatable bonds is 5. The molecule has 18 heavy (non-hydrogen) atoms. The number of hydrogen-bond donors (Lipinski definition) is 0. The fourth-order valence-corrected chi connectivity index (χ4v) is 3.12. The van der Waals surface area contributed by atoms with Crippen molar-refractivity contribution in [3.05, 3.63) is 30.1 Å². The molecule has 0 aliphatic heterocycles. The number of nitrogens with zero attached hydrogens (tertiary/aromatic N) is 1. The average molecular weight is 245 g/mol. The Labute approximate surface area is 110 Å². The van der Waals surface area contributed by atoms with E-state index in [1.165, 1.54) is 24.8 Å². The van der Waals surface area contributed by atoms with Crippen molar-refractivity contribution < 1.29 is 4.79 Å². The quantitative estimate of drug-likeness (QED) is 0.789. The van der Waals surface area contributed by atoms with Gasteiger partial charge in [0.1, 0.15) is 5.78 Å². The molecule has 0 N–H and O–H groups in total. The molecule has 1 fully saturated rings. The van der Waals surface area contributed by atoms with Gasteiger partial charge in [-0.2, -0.15) is 0 Å². The Kier molecular flexibility index (Phi) is 4.91. The van der Waals surface area contributed by atoms with Gasteiger partial charge in [-0.25, -0.2) is 0 Å². The molecule has 98 valence electrons. The van der Waals surface area contributed by atoms with E-state index in [0.29, 0.717) is 24.0 Å². The molecular weight excluding hydrogens is 222 g/mol. The number of aryl methyl sites for hydroxylation is 1. The van der Waals surface area contributed by atoms with Crippen molar-refractivity contribution in [3.63, 3.8) is 0 Å². The predicted molar refractivity (Wildman–Crippen MR) is 73.3 cm³/mol. The highest BCUT2D eigenvalue weighted by molar-refractivity contribution is 5.81. The maximum Gasteiger partial charge on any atom is 0.136 e. The molecule has 0 saturated heterocycles. The van der Waals surface area contributed by atoms with Crippen LogP contribution in [0.2, 0.25) is 0 Å². The number of Topliss-reactive ketones (excluding diaryl/α,β-unsaturated/α-hetero) is 1. The van der Waals surface area contributed by atoms with Gasteiger partial charge >= 0.3 is 0 Å². The molecule has 0 spiro atoms. The molecule has 1 saturated carbocycles. The van der Waals surface area contributed by atoms with Gasteiger partial charge in [-0.05, 0) is 36.8 Å². The summed E-state index contributed by atoms with van der Waals surface area (Å²) >= 11 is 0. The van der Waals surface area contributed by atoms with Gasteiger partial charge in [0.25, 0.3) is 0 Å². The van der Waals surface area contributed by atoms with E-state index in [4.69, 9.17) is 0 Å². The number of carbonyl (C=O) groups excluding carboxylic acids is 1. The molecule has 2 heteroatoms. The van der Waals surface area contributed by atoms with Crippen LogP contribution >= 0.6 is 0 Å². The predicted octanol–water partition coefficient (Wildman–Crippen LogP) is 3.80. The number of carbonyl (C=O) groups is 1. The third-order valence-electron chi connectivity index (χ3n) is 4.23. The Bertz CT molecular complexity index is 374. The Morgan fingerprint density at radius 2 is 2.22 bits per heavy atom. The lowest BCUT2D eigenvalue weighted by Crippen LogP contribution is -2.27. The minimum Gasteiger partial charge on any atom is -0.299 e. The Hall–Kier alpha value is -1.18. The molecule has 1 heterocycles. The monoisotopic (exact) mass is 245 g/mol. The van der Waals surface area contributed by atoms with Crippen LogP contribution < -0.4 is 0 Å². The summed E-state index contributed by atoms with van der Waals surface area (Å²) in [4.78, 5) is 16.4. The van der Waals surface area contributed by atoms with E-state index in [2.05, 4.69) is 18.0 Å². The summed E-state index contributed by atoms with van der Waals surface area (Å²) in [5, 5.41) is 0. The molecule has 2 atom stereocenters. The Morgan fingerprint density at radius 1 is 1.39 bits per heavy atom. The first-order chi connectivity index (χ1) is 8.81. The van der Waals surface area contributed by atoms with Crippen LogP contribution in [0.5, 0.6) is 0 Å². The summed E-state index contributed by atoms with van der Waals surface area (Å²) in [6.07, 6.45) is 11.2. The zero-order chi connectivity index (χ0) is 12.8. The third-order valence-corrected chi connectivity index (χ3v) is 4.23. The highest BCUT2D eigenvalue weighted by Gasteiger charge is 2.28. The van der Waals surface area contributed by atoms with Crippen LogP contribution in [0.3, 0.4) is 0 Å². The van der Waals surface area contributed by atoms with E-state index in [0.717, 1.165) is 19.3 Å². The molecule has 1 aliphatic carbocycles. The zero-order valence-corrected chi connectivity index (χ0v) is 11.3. The van der Waals surface area contributed by atoms with Crippen molar-refractivity contribution in [2.24, 2.45) is 11.8 Å². The number of pyridine rings is 1. The van der Waals surface area contributed by atoms with Gasteiger partial charge in [0.05, 0.1) is 0 Å². The summed E-state index contributed by atoms with van der Waals surface area (Å²) in [6, 6.07) is 3.99. The first-order valence-electron chi connectivity index (χ1n) is 7.23. The third kappa shape index (κ3) is 3.41. The van der Waals surface area contributed by atoms with Crippen LogP contribution in [0.15, 0.2) is 24.5 Å². The van der Waals surface area contributed by atoms with Gasteiger partial charge in [0.15, 0.2) is 0 Å². The minimum absolute atomic E-state index is 0.334. The molecule has 0 radical (unpaired) electrons. The summed E-state index contributed by atoms with van der Waals surface area (Å²) in [6.45, 7) is 2.22. The van der Waals surface area contributed by atoms with Gasteiger partial charge in [0.2, 0.25) is 0 Å². The van der Waals surface area contributed by atoms with Crippen LogP contribution in [0.1, 0.15) is 51.0 Å². The van der Waals surface area contributed by atoms with Crippen LogP contribution in [0.4, 0.5) is 0 Å². The molecule has 1 aliphatic rings. The molecule has 0 aromatic carbocycles. The molecule has 0 bridgehead atoms. The molecule has 1 aromatic heterocycles. The molecular formula is C16H23NO. The maximum absolute atomic E-state index is 12.3. The summed E-state index contributed by atoms with van der Waals surface area (Å²) in [5.41, 5.74) is 1.18. The Morgan fingerprint density at radius 3 is 2.94 bits per heavy atom. The van der Waals surface area contributed by atoms with Crippen LogP contribution in [0, 0.1) is 11.8 Å². The van der Waals surface area contributed by atoms with E-state index in [-0.39, 0.29) is 0 Å². The average Bonchev–Trinajstić information content (AvgIpc) is 2.45. The zero-order valence-electron chi connectivity index (χ0n) is 11.3. The van der Waals surface area contributed by atoms with E-state index in [9.17, 15) is 4.79 Å². The summed E-state index contributed by atoms with van der Waals surface area (Å²) in [5.74, 6) is 1.45. The van der Waals surface area contributed by atoms with Crippen LogP contribution in [-0.4, -0.2) is 10.8 Å². The first-order valence-corrected chi connectivity index (χ1v) is 7.23. The fourth-order valence-electron chi connectivity index (χ4n) is 3.12. The molecule has 2 nitrogen and oxygen atoms in total. The van der Waals surface area contributed by atoms with Crippen molar-refractivity contribution in [1.82, 2.24) is 4.98 Å². The molecule has 0 amide bonds. The lowest BCUT2D eigenvalue weighted by Gasteiger charge is -2.29. The summed E-state index contributed by atoms with van der Waals surface area (Å²) in [7, 11) is 0. The SMILES string of the molecule is CCC1CCCCC1C(=O)CCc1cccnc1. The van der Waals surface area contributed by atoms with Crippen LogP contribution in [-0.2, 0) is 11.2 Å². The molecule has 2 unspecified atom stereocenters. The fraction of sp³-hybridized carbons (Fsp3) is 0.625. The van der Waals surface area contributed by atoms with E-state index in [1.807, 2.05) is 12.3 Å². The van der Waals surface area contributed by atoms with Crippen molar-refractivity contribution in [2.75, 3.05) is 0 Å². The highest BCUT2D eigenvalue weighted by Crippen LogP contribution is 2.33. The van der Waals surface area contributed by atoms with E-state index >= 15 is 0 Å². The lowest BCUT2D eigenvalue weighted by atomic mass is 9.75. The number of aromatic nitrogens is 1. The standard InChI is InChI=1S/C16H23NO/c1-2-14-7-3-4-8-15(14)16(18)10-9-13-6-5-11-17-12-13/h5-6,11-12,14-15H,2-4,7-10H2,1H3. The number of ketones is 1. The normalized spacial score (nSPS) is 23.8. The van der Waals surface area contributed by atoms with Crippen LogP contribution in [0.25, 0.3) is 0 Å². The van der Waals surface area contributed by atoms with Crippen molar-refractivity contribution >= 4 is 5.78 Å². The summed E-state index contributed by atoms with van der Waals surface area (Å²) < 4.78 is 0. The van der Waals surface area contributed by atoms with Gasteiger partial charge in [-0.3, -0.25) is 9.78 Å². The maximum atomic E-state index is 12.3. The van der Waals surface area contributed by atoms with Gasteiger partial charge in [-0.15, -0.1) is 0 Å². The topological polar surface area (TPSA) is 30.0 Å². The van der Waals surface area contributed by atoms with Crippen molar-refractivity contribution in [1.29, 1.82) is 0 Å². The molecule has 2 rings (SSSR count). The Balaban J connectivity index is 1.87. The second-order valence-electron chi connectivity index (χ2n) is 5.39.